The topological polar surface area (TPSA) is 12.5 Å². The van der Waals surface area contributed by atoms with Crippen molar-refractivity contribution in [2.45, 2.75) is 25.7 Å². The van der Waals surface area contributed by atoms with Crippen molar-refractivity contribution < 1.29 is 4.74 Å². The summed E-state index contributed by atoms with van der Waals surface area (Å²) in [7, 11) is 1.76. The Kier molecular flexibility index (Phi) is 5.06. The van der Waals surface area contributed by atoms with Gasteiger partial charge < -0.3 is 4.74 Å². The van der Waals surface area contributed by atoms with Crippen LogP contribution in [0, 0.1) is 0 Å². The highest BCUT2D eigenvalue weighted by Crippen LogP contribution is 2.31. The van der Waals surface area contributed by atoms with E-state index in [1.165, 1.54) is 43.5 Å². The molecule has 0 amide bonds. The van der Waals surface area contributed by atoms with E-state index in [1.807, 2.05) is 0 Å². The quantitative estimate of drug-likeness (QED) is 0.841. The van der Waals surface area contributed by atoms with Gasteiger partial charge in [0.1, 0.15) is 5.75 Å². The lowest BCUT2D eigenvalue weighted by Gasteiger charge is -2.22. The van der Waals surface area contributed by atoms with E-state index in [1.54, 1.807) is 12.7 Å². The molecule has 1 aromatic carbocycles. The lowest BCUT2D eigenvalue weighted by atomic mass is 9.91. The van der Waals surface area contributed by atoms with Crippen LogP contribution >= 0.6 is 17.0 Å². The molecule has 0 aromatic heterocycles. The fraction of sp³-hybridized carbons (Fsp3) is 0.500. The highest BCUT2D eigenvalue weighted by molar-refractivity contribution is 8.93. The van der Waals surface area contributed by atoms with Gasteiger partial charge in [-0.2, -0.15) is 0 Å². The Balaban J connectivity index is 0.00000133. The van der Waals surface area contributed by atoms with Crippen LogP contribution in [0.3, 0.4) is 0 Å². The standard InChI is InChI=1S/C16H21NO.BrH/c1-18-16-6-4-5-14-11-13(7-8-15(14)16)12-17-9-2-3-10-17;/h4-6,11H,2-3,7-10,12H2,1H3;1H. The Labute approximate surface area is 126 Å². The molecular formula is C16H22BrNO. The number of rotatable bonds is 3. The predicted molar refractivity (Wildman–Crippen MR) is 85.3 cm³/mol. The molecule has 1 aliphatic heterocycles. The van der Waals surface area contributed by atoms with Crippen LogP contribution in [0.15, 0.2) is 23.8 Å². The number of benzene rings is 1. The van der Waals surface area contributed by atoms with E-state index in [4.69, 9.17) is 4.74 Å². The third kappa shape index (κ3) is 3.21. The van der Waals surface area contributed by atoms with Gasteiger partial charge >= 0.3 is 0 Å². The van der Waals surface area contributed by atoms with Crippen molar-refractivity contribution in [3.63, 3.8) is 0 Å². The summed E-state index contributed by atoms with van der Waals surface area (Å²) in [5.41, 5.74) is 4.32. The number of ether oxygens (including phenoxy) is 1. The molecule has 0 atom stereocenters. The highest BCUT2D eigenvalue weighted by Gasteiger charge is 2.17. The lowest BCUT2D eigenvalue weighted by molar-refractivity contribution is 0.364. The molecule has 1 aromatic rings. The number of methoxy groups -OCH3 is 1. The van der Waals surface area contributed by atoms with Crippen molar-refractivity contribution in [3.8, 4) is 5.75 Å². The van der Waals surface area contributed by atoms with Crippen LogP contribution in [0.1, 0.15) is 30.4 Å². The van der Waals surface area contributed by atoms with Crippen molar-refractivity contribution in [1.82, 2.24) is 4.90 Å². The average molecular weight is 324 g/mol. The van der Waals surface area contributed by atoms with Crippen LogP contribution in [0.2, 0.25) is 0 Å². The van der Waals surface area contributed by atoms with E-state index < -0.39 is 0 Å². The number of fused-ring (bicyclic) bond motifs is 1. The minimum Gasteiger partial charge on any atom is -0.496 e. The van der Waals surface area contributed by atoms with Gasteiger partial charge in [-0.05, 0) is 50.4 Å². The average Bonchev–Trinajstić information content (AvgIpc) is 2.90. The summed E-state index contributed by atoms with van der Waals surface area (Å²) >= 11 is 0. The van der Waals surface area contributed by atoms with Gasteiger partial charge in [0, 0.05) is 12.1 Å². The van der Waals surface area contributed by atoms with Crippen molar-refractivity contribution in [3.05, 3.63) is 34.9 Å². The van der Waals surface area contributed by atoms with Gasteiger partial charge in [-0.15, -0.1) is 17.0 Å². The number of hydrogen-bond acceptors (Lipinski definition) is 2. The molecule has 0 saturated carbocycles. The van der Waals surface area contributed by atoms with Crippen molar-refractivity contribution >= 4 is 23.1 Å². The summed E-state index contributed by atoms with van der Waals surface area (Å²) in [6.07, 6.45) is 7.43. The lowest BCUT2D eigenvalue weighted by Crippen LogP contribution is -2.23. The molecule has 0 unspecified atom stereocenters. The number of hydrogen-bond donors (Lipinski definition) is 0. The first-order valence-corrected chi connectivity index (χ1v) is 6.94. The zero-order valence-corrected chi connectivity index (χ0v) is 13.2. The summed E-state index contributed by atoms with van der Waals surface area (Å²) in [5, 5.41) is 0. The Morgan fingerprint density at radius 2 is 1.95 bits per heavy atom. The van der Waals surface area contributed by atoms with Crippen LogP contribution in [0.25, 0.3) is 6.08 Å². The molecule has 3 heteroatoms. The molecule has 0 bridgehead atoms. The van der Waals surface area contributed by atoms with Crippen LogP contribution < -0.4 is 4.74 Å². The molecule has 1 saturated heterocycles. The minimum atomic E-state index is 0. The third-order valence-electron chi connectivity index (χ3n) is 4.07. The van der Waals surface area contributed by atoms with Crippen molar-refractivity contribution in [2.75, 3.05) is 26.7 Å². The molecule has 3 rings (SSSR count). The largest absolute Gasteiger partial charge is 0.496 e. The van der Waals surface area contributed by atoms with Crippen LogP contribution in [0.5, 0.6) is 5.75 Å². The molecule has 1 heterocycles. The molecular weight excluding hydrogens is 302 g/mol. The van der Waals surface area contributed by atoms with E-state index in [-0.39, 0.29) is 17.0 Å². The van der Waals surface area contributed by atoms with E-state index in [0.29, 0.717) is 0 Å². The maximum Gasteiger partial charge on any atom is 0.122 e. The zero-order valence-electron chi connectivity index (χ0n) is 11.5. The first-order chi connectivity index (χ1) is 8.86. The first-order valence-electron chi connectivity index (χ1n) is 6.94. The van der Waals surface area contributed by atoms with Crippen molar-refractivity contribution in [2.24, 2.45) is 0 Å². The SMILES string of the molecule is Br.COc1cccc2c1CCC(CN1CCCC1)=C2. The molecule has 104 valence electrons. The second-order valence-electron chi connectivity index (χ2n) is 5.31. The highest BCUT2D eigenvalue weighted by atomic mass is 79.9. The summed E-state index contributed by atoms with van der Waals surface area (Å²) in [6.45, 7) is 3.72. The Morgan fingerprint density at radius 3 is 2.68 bits per heavy atom. The summed E-state index contributed by atoms with van der Waals surface area (Å²) in [5.74, 6) is 1.05. The van der Waals surface area contributed by atoms with Crippen molar-refractivity contribution in [1.29, 1.82) is 0 Å². The molecule has 19 heavy (non-hydrogen) atoms. The van der Waals surface area contributed by atoms with Gasteiger partial charge in [0.2, 0.25) is 0 Å². The van der Waals surface area contributed by atoms with E-state index in [0.717, 1.165) is 18.7 Å². The maximum absolute atomic E-state index is 5.44. The second-order valence-corrected chi connectivity index (χ2v) is 5.31. The first kappa shape index (κ1) is 14.6. The van der Waals surface area contributed by atoms with Gasteiger partial charge in [0.05, 0.1) is 7.11 Å². The van der Waals surface area contributed by atoms with Crippen LogP contribution in [0.4, 0.5) is 0 Å². The number of halogens is 1. The Bertz CT molecular complexity index is 464. The third-order valence-corrected chi connectivity index (χ3v) is 4.07. The molecule has 1 aliphatic carbocycles. The maximum atomic E-state index is 5.44. The number of nitrogens with zero attached hydrogens (tertiary/aromatic N) is 1. The summed E-state index contributed by atoms with van der Waals surface area (Å²) in [6, 6.07) is 6.37. The van der Waals surface area contributed by atoms with Gasteiger partial charge in [-0.3, -0.25) is 4.90 Å². The molecule has 0 N–H and O–H groups in total. The molecule has 0 radical (unpaired) electrons. The smallest absolute Gasteiger partial charge is 0.122 e. The normalized spacial score (nSPS) is 18.5. The summed E-state index contributed by atoms with van der Waals surface area (Å²) in [4.78, 5) is 2.58. The monoisotopic (exact) mass is 323 g/mol. The minimum absolute atomic E-state index is 0. The van der Waals surface area contributed by atoms with E-state index >= 15 is 0 Å². The van der Waals surface area contributed by atoms with Crippen LogP contribution in [-0.4, -0.2) is 31.6 Å². The molecule has 1 fully saturated rings. The second kappa shape index (κ2) is 6.58. The van der Waals surface area contributed by atoms with Gasteiger partial charge in [0.25, 0.3) is 0 Å². The van der Waals surface area contributed by atoms with E-state index in [2.05, 4.69) is 29.2 Å². The van der Waals surface area contributed by atoms with E-state index in [9.17, 15) is 0 Å². The fourth-order valence-corrected chi connectivity index (χ4v) is 3.11. The molecule has 2 aliphatic rings. The van der Waals surface area contributed by atoms with Gasteiger partial charge in [0.15, 0.2) is 0 Å². The number of likely N-dealkylation sites (tertiary alicyclic amines) is 1. The van der Waals surface area contributed by atoms with Gasteiger partial charge in [-0.1, -0.05) is 23.8 Å². The Hall–Kier alpha value is -0.800. The summed E-state index contributed by atoms with van der Waals surface area (Å²) < 4.78 is 5.44. The fourth-order valence-electron chi connectivity index (χ4n) is 3.11. The molecule has 2 nitrogen and oxygen atoms in total. The predicted octanol–water partition coefficient (Wildman–Crippen LogP) is 3.70. The molecule has 0 spiro atoms. The van der Waals surface area contributed by atoms with Crippen LogP contribution in [-0.2, 0) is 6.42 Å². The zero-order chi connectivity index (χ0) is 12.4. The van der Waals surface area contributed by atoms with Gasteiger partial charge in [-0.25, -0.2) is 0 Å². The Morgan fingerprint density at radius 1 is 1.16 bits per heavy atom.